The quantitative estimate of drug-likeness (QED) is 0.737. The average Bonchev–Trinajstić information content (AvgIpc) is 3.11. The van der Waals surface area contributed by atoms with Crippen LogP contribution in [0.5, 0.6) is 0 Å². The Bertz CT molecular complexity index is 844. The molecule has 1 aromatic rings. The first-order valence-corrected chi connectivity index (χ1v) is 11.0. The van der Waals surface area contributed by atoms with Crippen molar-refractivity contribution in [1.82, 2.24) is 20.0 Å². The fourth-order valence-electron chi connectivity index (χ4n) is 3.90. The fraction of sp³-hybridized carbons (Fsp3) is 0.565. The molecule has 1 unspecified atom stereocenters. The SMILES string of the molecule is CC(C)(C)OC(=O)NCC(=O)N1CCN(C(=O)C2CC(=O)N(Cc3ccccc3)C2)CC1. The lowest BCUT2D eigenvalue weighted by molar-refractivity contribution is -0.141. The molecule has 9 heteroatoms. The molecular weight excluding hydrogens is 412 g/mol. The molecule has 9 nitrogen and oxygen atoms in total. The minimum atomic E-state index is -0.634. The molecule has 2 aliphatic rings. The Balaban J connectivity index is 1.43. The van der Waals surface area contributed by atoms with Gasteiger partial charge in [0.25, 0.3) is 0 Å². The number of nitrogens with zero attached hydrogens (tertiary/aromatic N) is 3. The zero-order chi connectivity index (χ0) is 23.3. The maximum Gasteiger partial charge on any atom is 0.408 e. The second kappa shape index (κ2) is 10.0. The Labute approximate surface area is 188 Å². The van der Waals surface area contributed by atoms with E-state index in [1.807, 2.05) is 30.3 Å². The van der Waals surface area contributed by atoms with Crippen LogP contribution in [0.15, 0.2) is 30.3 Å². The van der Waals surface area contributed by atoms with Gasteiger partial charge >= 0.3 is 6.09 Å². The number of amides is 4. The van der Waals surface area contributed by atoms with E-state index in [1.165, 1.54) is 0 Å². The van der Waals surface area contributed by atoms with Gasteiger partial charge in [0, 0.05) is 45.7 Å². The zero-order valence-corrected chi connectivity index (χ0v) is 19.0. The van der Waals surface area contributed by atoms with Gasteiger partial charge in [-0.05, 0) is 26.3 Å². The number of benzene rings is 1. The lowest BCUT2D eigenvalue weighted by Gasteiger charge is -2.36. The molecular formula is C23H32N4O5. The van der Waals surface area contributed by atoms with Crippen molar-refractivity contribution in [1.29, 1.82) is 0 Å². The first kappa shape index (κ1) is 23.6. The zero-order valence-electron chi connectivity index (χ0n) is 19.0. The lowest BCUT2D eigenvalue weighted by Crippen LogP contribution is -2.54. The monoisotopic (exact) mass is 444 g/mol. The van der Waals surface area contributed by atoms with Crippen molar-refractivity contribution >= 4 is 23.8 Å². The van der Waals surface area contributed by atoms with Gasteiger partial charge < -0.3 is 24.8 Å². The van der Waals surface area contributed by atoms with E-state index in [0.29, 0.717) is 39.3 Å². The van der Waals surface area contributed by atoms with Crippen molar-refractivity contribution in [3.63, 3.8) is 0 Å². The summed E-state index contributed by atoms with van der Waals surface area (Å²) in [6.45, 7) is 7.68. The summed E-state index contributed by atoms with van der Waals surface area (Å²) in [4.78, 5) is 54.5. The lowest BCUT2D eigenvalue weighted by atomic mass is 10.1. The van der Waals surface area contributed by atoms with Crippen LogP contribution in [0.4, 0.5) is 4.79 Å². The standard InChI is InChI=1S/C23H32N4O5/c1-23(2,3)32-22(31)24-14-20(29)25-9-11-26(12-10-25)21(30)18-13-19(28)27(16-18)15-17-7-5-4-6-8-17/h4-8,18H,9-16H2,1-3H3,(H,24,31). The van der Waals surface area contributed by atoms with Gasteiger partial charge in [-0.25, -0.2) is 4.79 Å². The van der Waals surface area contributed by atoms with E-state index in [1.54, 1.807) is 35.5 Å². The Morgan fingerprint density at radius 1 is 1.03 bits per heavy atom. The molecule has 0 saturated carbocycles. The minimum absolute atomic E-state index is 0.00534. The molecule has 4 amide bonds. The van der Waals surface area contributed by atoms with Crippen LogP contribution in [0.1, 0.15) is 32.8 Å². The largest absolute Gasteiger partial charge is 0.444 e. The van der Waals surface area contributed by atoms with E-state index >= 15 is 0 Å². The molecule has 0 spiro atoms. The summed E-state index contributed by atoms with van der Waals surface area (Å²) in [5.41, 5.74) is 0.415. The van der Waals surface area contributed by atoms with Gasteiger partial charge in [-0.15, -0.1) is 0 Å². The van der Waals surface area contributed by atoms with Gasteiger partial charge in [0.05, 0.1) is 5.92 Å². The second-order valence-corrected chi connectivity index (χ2v) is 9.22. The van der Waals surface area contributed by atoms with Crippen molar-refractivity contribution in [2.24, 2.45) is 5.92 Å². The van der Waals surface area contributed by atoms with E-state index in [2.05, 4.69) is 5.32 Å². The Hall–Kier alpha value is -3.10. The van der Waals surface area contributed by atoms with Gasteiger partial charge in [0.15, 0.2) is 0 Å². The third kappa shape index (κ3) is 6.45. The van der Waals surface area contributed by atoms with Gasteiger partial charge in [-0.2, -0.15) is 0 Å². The average molecular weight is 445 g/mol. The Morgan fingerprint density at radius 2 is 1.66 bits per heavy atom. The normalized spacial score (nSPS) is 19.2. The Kier molecular flexibility index (Phi) is 7.37. The molecule has 1 aromatic carbocycles. The highest BCUT2D eigenvalue weighted by atomic mass is 16.6. The topological polar surface area (TPSA) is 99.3 Å². The molecule has 2 heterocycles. The number of likely N-dealkylation sites (tertiary alicyclic amines) is 1. The minimum Gasteiger partial charge on any atom is -0.444 e. The highest BCUT2D eigenvalue weighted by Crippen LogP contribution is 2.23. The summed E-state index contributed by atoms with van der Waals surface area (Å²) < 4.78 is 5.13. The predicted octanol–water partition coefficient (Wildman–Crippen LogP) is 1.23. The summed E-state index contributed by atoms with van der Waals surface area (Å²) >= 11 is 0. The van der Waals surface area contributed by atoms with E-state index in [4.69, 9.17) is 4.74 Å². The highest BCUT2D eigenvalue weighted by molar-refractivity contribution is 5.89. The van der Waals surface area contributed by atoms with Crippen molar-refractivity contribution in [3.05, 3.63) is 35.9 Å². The molecule has 2 saturated heterocycles. The molecule has 1 atom stereocenters. The summed E-state index contributed by atoms with van der Waals surface area (Å²) in [6.07, 6.45) is -0.407. The third-order valence-electron chi connectivity index (χ3n) is 5.51. The maximum atomic E-state index is 12.9. The van der Waals surface area contributed by atoms with Crippen molar-refractivity contribution in [2.75, 3.05) is 39.3 Å². The van der Waals surface area contributed by atoms with Crippen LogP contribution in [0.2, 0.25) is 0 Å². The number of carbonyl (C=O) groups excluding carboxylic acids is 4. The highest BCUT2D eigenvalue weighted by Gasteiger charge is 2.37. The molecule has 1 N–H and O–H groups in total. The summed E-state index contributed by atoms with van der Waals surface area (Å²) in [6, 6.07) is 9.73. The number of carbonyl (C=O) groups is 4. The van der Waals surface area contributed by atoms with Crippen molar-refractivity contribution in [2.45, 2.75) is 39.3 Å². The maximum absolute atomic E-state index is 12.9. The number of nitrogens with one attached hydrogen (secondary N) is 1. The molecule has 174 valence electrons. The molecule has 32 heavy (non-hydrogen) atoms. The van der Waals surface area contributed by atoms with E-state index in [-0.39, 0.29) is 36.6 Å². The molecule has 3 rings (SSSR count). The third-order valence-corrected chi connectivity index (χ3v) is 5.51. The van der Waals surface area contributed by atoms with Crippen molar-refractivity contribution in [3.8, 4) is 0 Å². The van der Waals surface area contributed by atoms with Gasteiger partial charge in [0.2, 0.25) is 17.7 Å². The Morgan fingerprint density at radius 3 is 2.28 bits per heavy atom. The van der Waals surface area contributed by atoms with E-state index in [0.717, 1.165) is 5.56 Å². The van der Waals surface area contributed by atoms with Crippen LogP contribution in [0.25, 0.3) is 0 Å². The first-order valence-electron chi connectivity index (χ1n) is 11.0. The van der Waals surface area contributed by atoms with Gasteiger partial charge in [0.1, 0.15) is 12.1 Å². The number of ether oxygens (including phenoxy) is 1. The molecule has 0 radical (unpaired) electrons. The molecule has 2 aliphatic heterocycles. The summed E-state index contributed by atoms with van der Waals surface area (Å²) in [5, 5.41) is 2.47. The van der Waals surface area contributed by atoms with E-state index in [9.17, 15) is 19.2 Å². The summed E-state index contributed by atoms with van der Waals surface area (Å²) in [7, 11) is 0. The summed E-state index contributed by atoms with van der Waals surface area (Å²) in [5.74, 6) is -0.600. The van der Waals surface area contributed by atoms with Crippen molar-refractivity contribution < 1.29 is 23.9 Å². The van der Waals surface area contributed by atoms with Gasteiger partial charge in [-0.1, -0.05) is 30.3 Å². The number of hydrogen-bond donors (Lipinski definition) is 1. The molecule has 0 aliphatic carbocycles. The fourth-order valence-corrected chi connectivity index (χ4v) is 3.90. The van der Waals surface area contributed by atoms with Gasteiger partial charge in [-0.3, -0.25) is 14.4 Å². The van der Waals surface area contributed by atoms with Crippen LogP contribution in [0.3, 0.4) is 0 Å². The molecule has 0 aromatic heterocycles. The van der Waals surface area contributed by atoms with Crippen LogP contribution < -0.4 is 5.32 Å². The first-order chi connectivity index (χ1) is 15.1. The smallest absolute Gasteiger partial charge is 0.408 e. The van der Waals surface area contributed by atoms with Crippen LogP contribution in [0, 0.1) is 5.92 Å². The molecule has 2 fully saturated rings. The second-order valence-electron chi connectivity index (χ2n) is 9.22. The van der Waals surface area contributed by atoms with Crippen LogP contribution >= 0.6 is 0 Å². The number of alkyl carbamates (subject to hydrolysis) is 1. The number of hydrogen-bond acceptors (Lipinski definition) is 5. The van der Waals surface area contributed by atoms with Crippen LogP contribution in [-0.2, 0) is 25.7 Å². The van der Waals surface area contributed by atoms with E-state index < -0.39 is 11.7 Å². The molecule has 0 bridgehead atoms. The van der Waals surface area contributed by atoms with Crippen LogP contribution in [-0.4, -0.2) is 83.4 Å². The number of piperazine rings is 1. The predicted molar refractivity (Wildman–Crippen MR) is 117 cm³/mol. The number of rotatable bonds is 5.